The number of pyridine rings is 1. The van der Waals surface area contributed by atoms with Gasteiger partial charge in [0.15, 0.2) is 5.82 Å². The molecule has 41 heavy (non-hydrogen) atoms. The zero-order valence-corrected chi connectivity index (χ0v) is 23.8. The molecule has 2 fully saturated rings. The summed E-state index contributed by atoms with van der Waals surface area (Å²) in [6.45, 7) is 4.44. The number of hydrogen-bond acceptors (Lipinski definition) is 10. The Bertz CT molecular complexity index is 1710. The topological polar surface area (TPSA) is 133 Å². The molecule has 0 bridgehead atoms. The second-order valence-corrected chi connectivity index (χ2v) is 12.2. The molecule has 0 atom stereocenters. The highest BCUT2D eigenvalue weighted by molar-refractivity contribution is 7.90. The average molecular weight is 574 g/mol. The standard InChI is InChI=1S/C28H31N9O3S/c1-3-40-23-9-12-36(13-10-23)25-14-27(30-16-21(25)5-4-20-15-31-35(2)18-20)33-26-8-11-29-28(34-26)22-17-32-37(19-22)41(38,39)24-6-7-24/h8,11,14-19,23-24H,3,6-7,9-10,12-13H2,1-2H3,(H,29,30,33,34). The monoisotopic (exact) mass is 573 g/mol. The molecule has 12 nitrogen and oxygen atoms in total. The first-order valence-corrected chi connectivity index (χ1v) is 15.2. The number of piperidine rings is 1. The molecule has 4 aromatic heterocycles. The van der Waals surface area contributed by atoms with E-state index in [-0.39, 0.29) is 11.4 Å². The normalized spacial score (nSPS) is 15.9. The van der Waals surface area contributed by atoms with Gasteiger partial charge in [0, 0.05) is 51.4 Å². The Hall–Kier alpha value is -4.28. The number of aryl methyl sites for hydroxylation is 1. The van der Waals surface area contributed by atoms with Crippen LogP contribution in [0.25, 0.3) is 11.4 Å². The lowest BCUT2D eigenvalue weighted by Crippen LogP contribution is -2.37. The first-order valence-electron chi connectivity index (χ1n) is 13.7. The molecule has 1 aliphatic heterocycles. The highest BCUT2D eigenvalue weighted by Gasteiger charge is 2.37. The molecule has 1 saturated heterocycles. The first kappa shape index (κ1) is 26.9. The Balaban J connectivity index is 1.25. The van der Waals surface area contributed by atoms with Crippen LogP contribution in [0, 0.1) is 11.8 Å². The van der Waals surface area contributed by atoms with E-state index in [9.17, 15) is 8.42 Å². The average Bonchev–Trinajstić information content (AvgIpc) is 3.58. The van der Waals surface area contributed by atoms with Crippen molar-refractivity contribution in [1.82, 2.24) is 33.9 Å². The number of anilines is 3. The van der Waals surface area contributed by atoms with Gasteiger partial charge >= 0.3 is 0 Å². The predicted molar refractivity (Wildman–Crippen MR) is 154 cm³/mol. The van der Waals surface area contributed by atoms with Crippen LogP contribution in [-0.4, -0.2) is 73.4 Å². The zero-order valence-electron chi connectivity index (χ0n) is 22.9. The fourth-order valence-corrected chi connectivity index (χ4v) is 6.25. The maximum absolute atomic E-state index is 12.5. The molecular formula is C28H31N9O3S. The van der Waals surface area contributed by atoms with E-state index in [0.29, 0.717) is 42.5 Å². The first-order chi connectivity index (χ1) is 19.9. The van der Waals surface area contributed by atoms with Crippen molar-refractivity contribution in [2.75, 3.05) is 29.9 Å². The van der Waals surface area contributed by atoms with Gasteiger partial charge in [-0.25, -0.2) is 23.4 Å². The van der Waals surface area contributed by atoms with Gasteiger partial charge in [-0.3, -0.25) is 4.68 Å². The van der Waals surface area contributed by atoms with Crippen molar-refractivity contribution < 1.29 is 13.2 Å². The van der Waals surface area contributed by atoms with Crippen LogP contribution in [-0.2, 0) is 21.8 Å². The van der Waals surface area contributed by atoms with Crippen LogP contribution in [0.5, 0.6) is 0 Å². The third-order valence-electron chi connectivity index (χ3n) is 7.05. The summed E-state index contributed by atoms with van der Waals surface area (Å²) in [6.07, 6.45) is 13.4. The van der Waals surface area contributed by atoms with E-state index >= 15 is 0 Å². The number of nitrogens with zero attached hydrogens (tertiary/aromatic N) is 8. The molecule has 0 aromatic carbocycles. The lowest BCUT2D eigenvalue weighted by molar-refractivity contribution is 0.0459. The molecule has 1 saturated carbocycles. The maximum atomic E-state index is 12.5. The van der Waals surface area contributed by atoms with E-state index in [1.54, 1.807) is 29.3 Å². The summed E-state index contributed by atoms with van der Waals surface area (Å²) in [5.41, 5.74) is 3.15. The Morgan fingerprint density at radius 1 is 1.02 bits per heavy atom. The number of nitrogens with one attached hydrogen (secondary N) is 1. The molecule has 1 aliphatic carbocycles. The van der Waals surface area contributed by atoms with Crippen molar-refractivity contribution in [3.63, 3.8) is 0 Å². The van der Waals surface area contributed by atoms with E-state index < -0.39 is 10.0 Å². The quantitative estimate of drug-likeness (QED) is 0.314. The maximum Gasteiger partial charge on any atom is 0.256 e. The Morgan fingerprint density at radius 2 is 1.85 bits per heavy atom. The summed E-state index contributed by atoms with van der Waals surface area (Å²) < 4.78 is 33.7. The van der Waals surface area contributed by atoms with Gasteiger partial charge in [0.25, 0.3) is 10.0 Å². The van der Waals surface area contributed by atoms with Crippen molar-refractivity contribution in [1.29, 1.82) is 0 Å². The van der Waals surface area contributed by atoms with Crippen molar-refractivity contribution in [2.24, 2.45) is 7.05 Å². The van der Waals surface area contributed by atoms with Crippen LogP contribution in [0.1, 0.15) is 43.7 Å². The molecule has 0 spiro atoms. The van der Waals surface area contributed by atoms with Crippen LogP contribution < -0.4 is 10.2 Å². The minimum Gasteiger partial charge on any atom is -0.378 e. The minimum absolute atomic E-state index is 0.267. The van der Waals surface area contributed by atoms with Gasteiger partial charge in [0.1, 0.15) is 11.6 Å². The van der Waals surface area contributed by atoms with Crippen molar-refractivity contribution >= 4 is 27.3 Å². The van der Waals surface area contributed by atoms with E-state index in [1.165, 1.54) is 12.4 Å². The van der Waals surface area contributed by atoms with Gasteiger partial charge in [0.2, 0.25) is 0 Å². The smallest absolute Gasteiger partial charge is 0.256 e. The molecule has 6 rings (SSSR count). The van der Waals surface area contributed by atoms with Crippen LogP contribution in [0.4, 0.5) is 17.3 Å². The third-order valence-corrected chi connectivity index (χ3v) is 9.08. The van der Waals surface area contributed by atoms with Gasteiger partial charge in [-0.2, -0.15) is 14.3 Å². The van der Waals surface area contributed by atoms with Gasteiger partial charge < -0.3 is 15.0 Å². The Kier molecular flexibility index (Phi) is 7.42. The summed E-state index contributed by atoms with van der Waals surface area (Å²) in [4.78, 5) is 15.8. The lowest BCUT2D eigenvalue weighted by Gasteiger charge is -2.34. The van der Waals surface area contributed by atoms with Crippen LogP contribution in [0.15, 0.2) is 49.3 Å². The predicted octanol–water partition coefficient (Wildman–Crippen LogP) is 2.96. The molecule has 4 aromatic rings. The van der Waals surface area contributed by atoms with Crippen molar-refractivity contribution in [2.45, 2.75) is 44.0 Å². The van der Waals surface area contributed by atoms with E-state index in [2.05, 4.69) is 47.2 Å². The molecule has 0 radical (unpaired) electrons. The summed E-state index contributed by atoms with van der Waals surface area (Å²) in [5.74, 6) is 7.96. The summed E-state index contributed by atoms with van der Waals surface area (Å²) in [5, 5.41) is 11.2. The fourth-order valence-electron chi connectivity index (χ4n) is 4.77. The van der Waals surface area contributed by atoms with Gasteiger partial charge in [-0.05, 0) is 38.7 Å². The van der Waals surface area contributed by atoms with E-state index in [4.69, 9.17) is 4.74 Å². The fraction of sp³-hybridized carbons (Fsp3) is 0.393. The van der Waals surface area contributed by atoms with Crippen LogP contribution in [0.3, 0.4) is 0 Å². The number of aromatic nitrogens is 7. The number of ether oxygens (including phenoxy) is 1. The molecule has 2 aliphatic rings. The highest BCUT2D eigenvalue weighted by Crippen LogP contribution is 2.31. The highest BCUT2D eigenvalue weighted by atomic mass is 32.2. The summed E-state index contributed by atoms with van der Waals surface area (Å²) >= 11 is 0. The molecule has 0 amide bonds. The van der Waals surface area contributed by atoms with Crippen LogP contribution >= 0.6 is 0 Å². The largest absolute Gasteiger partial charge is 0.378 e. The van der Waals surface area contributed by atoms with E-state index in [0.717, 1.165) is 46.8 Å². The van der Waals surface area contributed by atoms with Gasteiger partial charge in [-0.1, -0.05) is 11.8 Å². The summed E-state index contributed by atoms with van der Waals surface area (Å²) in [7, 11) is -1.60. The lowest BCUT2D eigenvalue weighted by atomic mass is 10.1. The molecule has 212 valence electrons. The third kappa shape index (κ3) is 6.08. The molecule has 0 unspecified atom stereocenters. The number of hydrogen-bond donors (Lipinski definition) is 1. The molecule has 1 N–H and O–H groups in total. The van der Waals surface area contributed by atoms with Gasteiger partial charge in [-0.15, -0.1) is 0 Å². The Morgan fingerprint density at radius 3 is 2.59 bits per heavy atom. The molecular weight excluding hydrogens is 542 g/mol. The van der Waals surface area contributed by atoms with Crippen molar-refractivity contribution in [3.8, 4) is 23.2 Å². The second-order valence-electron chi connectivity index (χ2n) is 10.1. The minimum atomic E-state index is -3.46. The van der Waals surface area contributed by atoms with Crippen molar-refractivity contribution in [3.05, 3.63) is 60.4 Å². The zero-order chi connectivity index (χ0) is 28.4. The van der Waals surface area contributed by atoms with E-state index in [1.807, 2.05) is 26.2 Å². The SMILES string of the molecule is CCOC1CCN(c2cc(Nc3ccnc(-c4cnn(S(=O)(=O)C5CC5)c4)n3)ncc2C#Cc2cnn(C)c2)CC1. The number of rotatable bonds is 8. The Labute approximate surface area is 238 Å². The summed E-state index contributed by atoms with van der Waals surface area (Å²) in [6, 6.07) is 3.72. The van der Waals surface area contributed by atoms with Crippen LogP contribution in [0.2, 0.25) is 0 Å². The molecule has 13 heteroatoms. The van der Waals surface area contributed by atoms with Gasteiger partial charge in [0.05, 0.1) is 52.3 Å². The molecule has 5 heterocycles. The second kappa shape index (κ2) is 11.3.